The summed E-state index contributed by atoms with van der Waals surface area (Å²) in [4.78, 5) is 21.3. The number of carbonyl (C=O) groups excluding carboxylic acids is 1. The second kappa shape index (κ2) is 4.24. The van der Waals surface area contributed by atoms with Gasteiger partial charge in [-0.2, -0.15) is 0 Å². The Labute approximate surface area is 109 Å². The van der Waals surface area contributed by atoms with Crippen LogP contribution in [0.5, 0.6) is 0 Å². The highest BCUT2D eigenvalue weighted by Crippen LogP contribution is 2.37. The zero-order chi connectivity index (χ0) is 13.5. The number of rotatable bonds is 4. The fraction of sp³-hybridized carbons (Fsp3) is 0.417. The minimum atomic E-state index is -0.516. The van der Waals surface area contributed by atoms with Gasteiger partial charge in [-0.15, -0.1) is 0 Å². The van der Waals surface area contributed by atoms with Crippen LogP contribution in [0.2, 0.25) is 5.02 Å². The summed E-state index contributed by atoms with van der Waals surface area (Å²) in [5, 5.41) is 10.9. The van der Waals surface area contributed by atoms with Crippen molar-refractivity contribution in [3.05, 3.63) is 38.9 Å². The number of epoxide rings is 1. The second-order valence-electron chi connectivity index (χ2n) is 5.03. The van der Waals surface area contributed by atoms with Crippen LogP contribution < -0.4 is 0 Å². The van der Waals surface area contributed by atoms with Gasteiger partial charge in [0, 0.05) is 11.5 Å². The molecule has 0 bridgehead atoms. The monoisotopic (exact) mass is 269 g/mol. The molecule has 0 amide bonds. The summed E-state index contributed by atoms with van der Waals surface area (Å²) in [6, 6.07) is 4.67. The van der Waals surface area contributed by atoms with Crippen LogP contribution in [0, 0.1) is 15.5 Å². The van der Waals surface area contributed by atoms with E-state index in [1.807, 2.05) is 13.8 Å². The predicted molar refractivity (Wildman–Crippen MR) is 65.5 cm³/mol. The quantitative estimate of drug-likeness (QED) is 0.479. The van der Waals surface area contributed by atoms with Crippen LogP contribution in [0.4, 0.5) is 5.69 Å². The molecule has 2 rings (SSSR count). The molecule has 1 heterocycles. The van der Waals surface area contributed by atoms with Gasteiger partial charge in [-0.1, -0.05) is 31.5 Å². The fourth-order valence-electron chi connectivity index (χ4n) is 1.99. The van der Waals surface area contributed by atoms with Crippen LogP contribution in [0.1, 0.15) is 19.4 Å². The van der Waals surface area contributed by atoms with Gasteiger partial charge in [0.15, 0.2) is 0 Å². The van der Waals surface area contributed by atoms with Gasteiger partial charge in [-0.25, -0.2) is 4.79 Å². The Balaban J connectivity index is 2.22. The molecule has 1 saturated heterocycles. The van der Waals surface area contributed by atoms with Gasteiger partial charge < -0.3 is 4.74 Å². The van der Waals surface area contributed by atoms with Gasteiger partial charge in [-0.05, 0) is 18.1 Å². The van der Waals surface area contributed by atoms with Gasteiger partial charge in [0.2, 0.25) is 6.10 Å². The van der Waals surface area contributed by atoms with Gasteiger partial charge in [0.25, 0.3) is 5.69 Å². The van der Waals surface area contributed by atoms with Crippen molar-refractivity contribution in [1.29, 1.82) is 0 Å². The summed E-state index contributed by atoms with van der Waals surface area (Å²) < 4.78 is 4.86. The van der Waals surface area contributed by atoms with E-state index in [-0.39, 0.29) is 22.1 Å². The van der Waals surface area contributed by atoms with Crippen molar-refractivity contribution in [2.45, 2.75) is 26.4 Å². The lowest BCUT2D eigenvalue weighted by atomic mass is 9.82. The first-order valence-corrected chi connectivity index (χ1v) is 5.82. The third kappa shape index (κ3) is 2.46. The molecule has 1 aromatic rings. The van der Waals surface area contributed by atoms with E-state index in [1.54, 1.807) is 6.07 Å². The SMILES string of the molecule is CC(C)(Cc1ccc(Cl)c([N+](=O)[O-])c1)C1OC1=O. The summed E-state index contributed by atoms with van der Waals surface area (Å²) in [7, 11) is 0. The summed E-state index contributed by atoms with van der Waals surface area (Å²) in [5.74, 6) is -0.219. The van der Waals surface area contributed by atoms with E-state index in [9.17, 15) is 14.9 Å². The number of cyclic esters (lactones) is 1. The number of hydrogen-bond donors (Lipinski definition) is 0. The number of hydrogen-bond acceptors (Lipinski definition) is 4. The Morgan fingerprint density at radius 1 is 1.50 bits per heavy atom. The van der Waals surface area contributed by atoms with Crippen molar-refractivity contribution in [1.82, 2.24) is 0 Å². The molecule has 1 aliphatic rings. The van der Waals surface area contributed by atoms with E-state index in [1.165, 1.54) is 12.1 Å². The molecule has 1 aliphatic heterocycles. The number of carbonyl (C=O) groups is 1. The summed E-state index contributed by atoms with van der Waals surface area (Å²) in [6.07, 6.45) is 0.105. The van der Waals surface area contributed by atoms with E-state index in [2.05, 4.69) is 0 Å². The maximum absolute atomic E-state index is 11.0. The highest BCUT2D eigenvalue weighted by molar-refractivity contribution is 6.32. The second-order valence-corrected chi connectivity index (χ2v) is 5.43. The lowest BCUT2D eigenvalue weighted by Gasteiger charge is -2.19. The molecule has 1 unspecified atom stereocenters. The van der Waals surface area contributed by atoms with E-state index in [4.69, 9.17) is 16.3 Å². The predicted octanol–water partition coefficient (Wildman–Crippen LogP) is 2.74. The highest BCUT2D eigenvalue weighted by atomic mass is 35.5. The molecule has 1 atom stereocenters. The maximum Gasteiger partial charge on any atom is 0.348 e. The number of nitro benzene ring substituents is 1. The molecule has 0 spiro atoms. The third-order valence-electron chi connectivity index (χ3n) is 2.97. The molecule has 96 valence electrons. The molecule has 0 radical (unpaired) electrons. The number of nitrogens with zero attached hydrogens (tertiary/aromatic N) is 1. The summed E-state index contributed by atoms with van der Waals surface area (Å²) >= 11 is 5.74. The van der Waals surface area contributed by atoms with Crippen LogP contribution in [-0.4, -0.2) is 17.0 Å². The Hall–Kier alpha value is -1.62. The lowest BCUT2D eigenvalue weighted by molar-refractivity contribution is -0.384. The summed E-state index contributed by atoms with van der Waals surface area (Å²) in [5.41, 5.74) is 0.270. The van der Waals surface area contributed by atoms with Crippen molar-refractivity contribution in [3.63, 3.8) is 0 Å². The number of halogens is 1. The minimum absolute atomic E-state index is 0.111. The van der Waals surface area contributed by atoms with Crippen molar-refractivity contribution in [2.24, 2.45) is 5.41 Å². The molecule has 5 nitrogen and oxygen atoms in total. The topological polar surface area (TPSA) is 72.7 Å². The highest BCUT2D eigenvalue weighted by Gasteiger charge is 2.50. The van der Waals surface area contributed by atoms with Crippen molar-refractivity contribution in [3.8, 4) is 0 Å². The molecule has 6 heteroatoms. The molecule has 1 fully saturated rings. The molecular formula is C12H12ClNO4. The fourth-order valence-corrected chi connectivity index (χ4v) is 2.17. The molecule has 0 aromatic heterocycles. The standard InChI is InChI=1S/C12H12ClNO4/c1-12(2,10-11(15)18-10)6-7-3-4-8(13)9(5-7)14(16)17/h3-5,10H,6H2,1-2H3. The van der Waals surface area contributed by atoms with Gasteiger partial charge in [0.05, 0.1) is 4.92 Å². The smallest absolute Gasteiger partial charge is 0.348 e. The van der Waals surface area contributed by atoms with E-state index in [0.29, 0.717) is 6.42 Å². The van der Waals surface area contributed by atoms with Crippen LogP contribution in [0.3, 0.4) is 0 Å². The van der Waals surface area contributed by atoms with Crippen LogP contribution in [0.25, 0.3) is 0 Å². The number of nitro groups is 1. The Kier molecular flexibility index (Phi) is 3.02. The van der Waals surface area contributed by atoms with Crippen molar-refractivity contribution >= 4 is 23.3 Å². The first kappa shape index (κ1) is 12.8. The lowest BCUT2D eigenvalue weighted by Crippen LogP contribution is -2.23. The Bertz CT molecular complexity index is 527. The minimum Gasteiger partial charge on any atom is -0.447 e. The van der Waals surface area contributed by atoms with Gasteiger partial charge >= 0.3 is 5.97 Å². The molecule has 1 aromatic carbocycles. The zero-order valence-corrected chi connectivity index (χ0v) is 10.7. The molecule has 18 heavy (non-hydrogen) atoms. The number of ether oxygens (including phenoxy) is 1. The normalized spacial score (nSPS) is 18.4. The Morgan fingerprint density at radius 2 is 2.11 bits per heavy atom. The average Bonchev–Trinajstić information content (AvgIpc) is 2.99. The van der Waals surface area contributed by atoms with Gasteiger partial charge in [-0.3, -0.25) is 10.1 Å². The molecule has 0 aliphatic carbocycles. The van der Waals surface area contributed by atoms with Crippen LogP contribution in [-0.2, 0) is 16.0 Å². The molecular weight excluding hydrogens is 258 g/mol. The zero-order valence-electron chi connectivity index (χ0n) is 9.97. The molecule has 0 N–H and O–H groups in total. The largest absolute Gasteiger partial charge is 0.447 e. The van der Waals surface area contributed by atoms with Crippen LogP contribution >= 0.6 is 11.6 Å². The van der Waals surface area contributed by atoms with E-state index in [0.717, 1.165) is 5.56 Å². The first-order chi connectivity index (χ1) is 8.31. The summed E-state index contributed by atoms with van der Waals surface area (Å²) in [6.45, 7) is 3.78. The van der Waals surface area contributed by atoms with Crippen molar-refractivity contribution < 1.29 is 14.5 Å². The van der Waals surface area contributed by atoms with Crippen molar-refractivity contribution in [2.75, 3.05) is 0 Å². The average molecular weight is 270 g/mol. The van der Waals surface area contributed by atoms with Crippen LogP contribution in [0.15, 0.2) is 18.2 Å². The number of benzene rings is 1. The van der Waals surface area contributed by atoms with Gasteiger partial charge in [0.1, 0.15) is 5.02 Å². The first-order valence-electron chi connectivity index (χ1n) is 5.44. The third-order valence-corrected chi connectivity index (χ3v) is 3.29. The maximum atomic E-state index is 11.0. The Morgan fingerprint density at radius 3 is 2.61 bits per heavy atom. The van der Waals surface area contributed by atoms with E-state index < -0.39 is 11.0 Å². The van der Waals surface area contributed by atoms with E-state index >= 15 is 0 Å². The molecule has 0 saturated carbocycles.